The summed E-state index contributed by atoms with van der Waals surface area (Å²) in [5.41, 5.74) is 0. The lowest BCUT2D eigenvalue weighted by Crippen LogP contribution is -2.16. The highest BCUT2D eigenvalue weighted by Gasteiger charge is 2.20. The standard InChI is InChI=1S/C18H21ClO5S/c1-11(18(21)23-3)7-13(20)17-9-12-8-14(22-2)15(10-16(12)25-17)24-6-4-5-19/h8-11H,4-7H2,1-3H3. The van der Waals surface area contributed by atoms with E-state index in [2.05, 4.69) is 4.74 Å². The van der Waals surface area contributed by atoms with Crippen LogP contribution in [0.15, 0.2) is 18.2 Å². The molecule has 0 fully saturated rings. The number of halogens is 1. The van der Waals surface area contributed by atoms with E-state index in [0.29, 0.717) is 28.9 Å². The van der Waals surface area contributed by atoms with E-state index < -0.39 is 5.92 Å². The van der Waals surface area contributed by atoms with E-state index in [-0.39, 0.29) is 18.2 Å². The van der Waals surface area contributed by atoms with Gasteiger partial charge in [0, 0.05) is 23.1 Å². The Hall–Kier alpha value is -1.79. The zero-order valence-electron chi connectivity index (χ0n) is 14.5. The Morgan fingerprint density at radius 3 is 2.60 bits per heavy atom. The Bertz CT molecular complexity index is 755. The molecule has 1 unspecified atom stereocenters. The second-order valence-electron chi connectivity index (χ2n) is 5.59. The number of ether oxygens (including phenoxy) is 3. The maximum absolute atomic E-state index is 12.4. The minimum atomic E-state index is -0.466. The number of hydrogen-bond acceptors (Lipinski definition) is 6. The molecule has 0 aliphatic heterocycles. The molecule has 0 N–H and O–H groups in total. The van der Waals surface area contributed by atoms with Gasteiger partial charge >= 0.3 is 5.97 Å². The molecule has 0 aliphatic carbocycles. The lowest BCUT2D eigenvalue weighted by atomic mass is 10.0. The normalized spacial score (nSPS) is 12.0. The zero-order valence-corrected chi connectivity index (χ0v) is 16.0. The lowest BCUT2D eigenvalue weighted by Gasteiger charge is -2.10. The fourth-order valence-corrected chi connectivity index (χ4v) is 3.49. The van der Waals surface area contributed by atoms with Gasteiger partial charge in [-0.25, -0.2) is 0 Å². The number of alkyl halides is 1. The van der Waals surface area contributed by atoms with Crippen LogP contribution < -0.4 is 9.47 Å². The summed E-state index contributed by atoms with van der Waals surface area (Å²) in [6.45, 7) is 2.18. The fraction of sp³-hybridized carbons (Fsp3) is 0.444. The van der Waals surface area contributed by atoms with E-state index in [0.717, 1.165) is 16.5 Å². The Labute approximate surface area is 155 Å². The molecule has 2 aromatic rings. The number of benzene rings is 1. The van der Waals surface area contributed by atoms with Crippen LogP contribution in [0.1, 0.15) is 29.4 Å². The van der Waals surface area contributed by atoms with Gasteiger partial charge in [0.1, 0.15) is 0 Å². The van der Waals surface area contributed by atoms with Crippen molar-refractivity contribution in [1.29, 1.82) is 0 Å². The highest BCUT2D eigenvalue weighted by Crippen LogP contribution is 2.37. The van der Waals surface area contributed by atoms with Crippen molar-refractivity contribution in [3.63, 3.8) is 0 Å². The van der Waals surface area contributed by atoms with E-state index >= 15 is 0 Å². The summed E-state index contributed by atoms with van der Waals surface area (Å²) < 4.78 is 16.7. The molecule has 0 radical (unpaired) electrons. The molecule has 0 bridgehead atoms. The van der Waals surface area contributed by atoms with Crippen molar-refractivity contribution in [1.82, 2.24) is 0 Å². The molecule has 0 spiro atoms. The van der Waals surface area contributed by atoms with Crippen molar-refractivity contribution < 1.29 is 23.8 Å². The third-order valence-corrected chi connectivity index (χ3v) is 5.11. The second-order valence-corrected chi connectivity index (χ2v) is 7.06. The molecular formula is C18H21ClO5S. The summed E-state index contributed by atoms with van der Waals surface area (Å²) in [4.78, 5) is 24.5. The van der Waals surface area contributed by atoms with Crippen LogP contribution in [0, 0.1) is 5.92 Å². The molecular weight excluding hydrogens is 364 g/mol. The smallest absolute Gasteiger partial charge is 0.308 e. The van der Waals surface area contributed by atoms with Crippen LogP contribution in [0.25, 0.3) is 10.1 Å². The first-order valence-electron chi connectivity index (χ1n) is 7.91. The van der Waals surface area contributed by atoms with Crippen molar-refractivity contribution in [3.05, 3.63) is 23.1 Å². The Morgan fingerprint density at radius 2 is 1.96 bits per heavy atom. The molecule has 1 atom stereocenters. The minimum absolute atomic E-state index is 0.0809. The van der Waals surface area contributed by atoms with Crippen molar-refractivity contribution >= 4 is 44.8 Å². The lowest BCUT2D eigenvalue weighted by molar-refractivity contribution is -0.144. The minimum Gasteiger partial charge on any atom is -0.493 e. The van der Waals surface area contributed by atoms with Gasteiger partial charge in [0.15, 0.2) is 17.3 Å². The van der Waals surface area contributed by atoms with Crippen molar-refractivity contribution in [2.24, 2.45) is 5.92 Å². The molecule has 25 heavy (non-hydrogen) atoms. The van der Waals surface area contributed by atoms with E-state index in [1.165, 1.54) is 18.4 Å². The quantitative estimate of drug-likeness (QED) is 0.279. The molecule has 1 heterocycles. The van der Waals surface area contributed by atoms with Crippen molar-refractivity contribution in [3.8, 4) is 11.5 Å². The number of esters is 1. The maximum Gasteiger partial charge on any atom is 0.308 e. The molecule has 0 amide bonds. The third-order valence-electron chi connectivity index (χ3n) is 3.71. The second kappa shape index (κ2) is 9.06. The molecule has 1 aromatic carbocycles. The van der Waals surface area contributed by atoms with Gasteiger partial charge in [-0.15, -0.1) is 22.9 Å². The fourth-order valence-electron chi connectivity index (χ4n) is 2.36. The van der Waals surface area contributed by atoms with Crippen molar-refractivity contribution in [2.45, 2.75) is 19.8 Å². The van der Waals surface area contributed by atoms with Crippen LogP contribution in [0.3, 0.4) is 0 Å². The van der Waals surface area contributed by atoms with Crippen LogP contribution in [0.4, 0.5) is 0 Å². The van der Waals surface area contributed by atoms with Gasteiger partial charge < -0.3 is 14.2 Å². The number of thiophene rings is 1. The summed E-state index contributed by atoms with van der Waals surface area (Å²) >= 11 is 7.05. The molecule has 136 valence electrons. The Balaban J connectivity index is 2.23. The number of ketones is 1. The van der Waals surface area contributed by atoms with Gasteiger partial charge in [-0.2, -0.15) is 0 Å². The molecule has 2 rings (SSSR count). The summed E-state index contributed by atoms with van der Waals surface area (Å²) in [6.07, 6.45) is 0.859. The number of carbonyl (C=O) groups is 2. The van der Waals surface area contributed by atoms with Gasteiger partial charge in [-0.1, -0.05) is 6.92 Å². The Morgan fingerprint density at radius 1 is 1.20 bits per heavy atom. The van der Waals surface area contributed by atoms with Crippen LogP contribution in [0.2, 0.25) is 0 Å². The van der Waals surface area contributed by atoms with E-state index in [1.54, 1.807) is 14.0 Å². The molecule has 7 heteroatoms. The van der Waals surface area contributed by atoms with Crippen LogP contribution in [0.5, 0.6) is 11.5 Å². The average molecular weight is 385 g/mol. The maximum atomic E-state index is 12.4. The number of carbonyl (C=O) groups excluding carboxylic acids is 2. The predicted molar refractivity (Wildman–Crippen MR) is 99.3 cm³/mol. The molecule has 0 saturated heterocycles. The van der Waals surface area contributed by atoms with Gasteiger partial charge in [0.2, 0.25) is 0 Å². The highest BCUT2D eigenvalue weighted by molar-refractivity contribution is 7.20. The van der Waals surface area contributed by atoms with Gasteiger partial charge in [0.05, 0.1) is 31.6 Å². The zero-order chi connectivity index (χ0) is 18.4. The summed E-state index contributed by atoms with van der Waals surface area (Å²) in [7, 11) is 2.90. The third kappa shape index (κ3) is 4.86. The van der Waals surface area contributed by atoms with E-state index in [4.69, 9.17) is 21.1 Å². The van der Waals surface area contributed by atoms with Crippen molar-refractivity contribution in [2.75, 3.05) is 26.7 Å². The summed E-state index contributed by atoms with van der Waals surface area (Å²) in [5, 5.41) is 0.903. The topological polar surface area (TPSA) is 61.8 Å². The SMILES string of the molecule is COC(=O)C(C)CC(=O)c1cc2cc(OC)c(OCCCCl)cc2s1. The molecule has 0 saturated carbocycles. The molecule has 5 nitrogen and oxygen atoms in total. The first-order valence-corrected chi connectivity index (χ1v) is 9.26. The number of rotatable bonds is 9. The predicted octanol–water partition coefficient (Wildman–Crippen LogP) is 4.30. The largest absolute Gasteiger partial charge is 0.493 e. The number of hydrogen-bond donors (Lipinski definition) is 0. The molecule has 0 aliphatic rings. The number of fused-ring (bicyclic) bond motifs is 1. The summed E-state index contributed by atoms with van der Waals surface area (Å²) in [5.74, 6) is 0.840. The van der Waals surface area contributed by atoms with E-state index in [9.17, 15) is 9.59 Å². The Kier molecular flexibility index (Phi) is 7.08. The van der Waals surface area contributed by atoms with Crippen LogP contribution >= 0.6 is 22.9 Å². The highest BCUT2D eigenvalue weighted by atomic mass is 35.5. The van der Waals surface area contributed by atoms with E-state index in [1.807, 2.05) is 18.2 Å². The first-order chi connectivity index (χ1) is 12.0. The van der Waals surface area contributed by atoms with Gasteiger partial charge in [-0.3, -0.25) is 9.59 Å². The van der Waals surface area contributed by atoms with Gasteiger partial charge in [-0.05, 0) is 23.9 Å². The van der Waals surface area contributed by atoms with Crippen LogP contribution in [-0.4, -0.2) is 38.5 Å². The molecule has 1 aromatic heterocycles. The van der Waals surface area contributed by atoms with Gasteiger partial charge in [0.25, 0.3) is 0 Å². The monoisotopic (exact) mass is 384 g/mol. The van der Waals surface area contributed by atoms with Crippen LogP contribution in [-0.2, 0) is 9.53 Å². The first kappa shape index (κ1) is 19.5. The number of Topliss-reactive ketones (excluding diaryl/α,β-unsaturated/α-hetero) is 1. The average Bonchev–Trinajstić information content (AvgIpc) is 3.03. The summed E-state index contributed by atoms with van der Waals surface area (Å²) in [6, 6.07) is 5.54. The number of methoxy groups -OCH3 is 2.